The van der Waals surface area contributed by atoms with E-state index in [0.717, 1.165) is 37.1 Å². The number of aryl methyl sites for hydroxylation is 2. The quantitative estimate of drug-likeness (QED) is 0.866. The lowest BCUT2D eigenvalue weighted by Gasteiger charge is -2.13. The minimum Gasteiger partial charge on any atom is -0.343 e. The molecule has 0 unspecified atom stereocenters. The molecule has 0 atom stereocenters. The minimum atomic E-state index is 0.183. The Labute approximate surface area is 124 Å². The van der Waals surface area contributed by atoms with Crippen molar-refractivity contribution >= 4 is 5.91 Å². The van der Waals surface area contributed by atoms with Crippen molar-refractivity contribution in [3.8, 4) is 11.4 Å². The van der Waals surface area contributed by atoms with Gasteiger partial charge in [-0.15, -0.1) is 0 Å². The average Bonchev–Trinajstić information content (AvgIpc) is 3.17. The first-order chi connectivity index (χ1) is 10.2. The second-order valence-corrected chi connectivity index (χ2v) is 5.41. The van der Waals surface area contributed by atoms with Gasteiger partial charge < -0.3 is 9.42 Å². The standard InChI is InChI=1S/C16H19N3O2/c1-12-6-2-3-7-13(12)16-17-14(21-18-16)8-9-15(20)19-10-4-5-11-19/h2-3,6-7H,4-5,8-11H2,1H3. The molecule has 1 amide bonds. The Balaban J connectivity index is 1.63. The number of likely N-dealkylation sites (tertiary alicyclic amines) is 1. The van der Waals surface area contributed by atoms with Crippen molar-refractivity contribution in [2.24, 2.45) is 0 Å². The van der Waals surface area contributed by atoms with Gasteiger partial charge in [-0.05, 0) is 25.3 Å². The first-order valence-corrected chi connectivity index (χ1v) is 7.40. The predicted octanol–water partition coefficient (Wildman–Crippen LogP) is 2.60. The summed E-state index contributed by atoms with van der Waals surface area (Å²) < 4.78 is 5.26. The fourth-order valence-corrected chi connectivity index (χ4v) is 2.63. The molecule has 0 saturated carbocycles. The molecule has 0 N–H and O–H groups in total. The van der Waals surface area contributed by atoms with Crippen LogP contribution in [0.1, 0.15) is 30.7 Å². The van der Waals surface area contributed by atoms with E-state index in [0.29, 0.717) is 24.6 Å². The second kappa shape index (κ2) is 6.08. The van der Waals surface area contributed by atoms with E-state index in [1.54, 1.807) is 0 Å². The molecular formula is C16H19N3O2. The van der Waals surface area contributed by atoms with E-state index < -0.39 is 0 Å². The Morgan fingerprint density at radius 2 is 2.05 bits per heavy atom. The fourth-order valence-electron chi connectivity index (χ4n) is 2.63. The molecule has 1 aliphatic heterocycles. The highest BCUT2D eigenvalue weighted by Gasteiger charge is 2.19. The number of carbonyl (C=O) groups is 1. The second-order valence-electron chi connectivity index (χ2n) is 5.41. The molecule has 1 aliphatic rings. The highest BCUT2D eigenvalue weighted by Crippen LogP contribution is 2.20. The molecule has 1 aromatic heterocycles. The number of rotatable bonds is 4. The number of aromatic nitrogens is 2. The van der Waals surface area contributed by atoms with Crippen LogP contribution in [0.4, 0.5) is 0 Å². The van der Waals surface area contributed by atoms with Gasteiger partial charge in [0, 0.05) is 31.5 Å². The van der Waals surface area contributed by atoms with Crippen molar-refractivity contribution in [1.29, 1.82) is 0 Å². The maximum absolute atomic E-state index is 12.0. The molecule has 5 nitrogen and oxygen atoms in total. The topological polar surface area (TPSA) is 59.2 Å². The highest BCUT2D eigenvalue weighted by molar-refractivity contribution is 5.76. The van der Waals surface area contributed by atoms with Crippen LogP contribution in [0.2, 0.25) is 0 Å². The largest absolute Gasteiger partial charge is 0.343 e. The van der Waals surface area contributed by atoms with E-state index in [-0.39, 0.29) is 5.91 Å². The summed E-state index contributed by atoms with van der Waals surface area (Å²) in [7, 11) is 0. The van der Waals surface area contributed by atoms with Crippen LogP contribution >= 0.6 is 0 Å². The van der Waals surface area contributed by atoms with Crippen LogP contribution in [0.3, 0.4) is 0 Å². The Morgan fingerprint density at radius 1 is 1.29 bits per heavy atom. The zero-order valence-electron chi connectivity index (χ0n) is 12.2. The molecule has 1 saturated heterocycles. The van der Waals surface area contributed by atoms with Crippen LogP contribution in [-0.2, 0) is 11.2 Å². The number of hydrogen-bond donors (Lipinski definition) is 0. The molecule has 0 bridgehead atoms. The Hall–Kier alpha value is -2.17. The highest BCUT2D eigenvalue weighted by atomic mass is 16.5. The van der Waals surface area contributed by atoms with Gasteiger partial charge in [-0.2, -0.15) is 4.98 Å². The molecule has 21 heavy (non-hydrogen) atoms. The third kappa shape index (κ3) is 3.12. The van der Waals surface area contributed by atoms with Gasteiger partial charge in [-0.25, -0.2) is 0 Å². The van der Waals surface area contributed by atoms with Crippen molar-refractivity contribution < 1.29 is 9.32 Å². The van der Waals surface area contributed by atoms with Crippen LogP contribution in [0, 0.1) is 6.92 Å². The smallest absolute Gasteiger partial charge is 0.227 e. The first kappa shape index (κ1) is 13.8. The van der Waals surface area contributed by atoms with Gasteiger partial charge >= 0.3 is 0 Å². The predicted molar refractivity (Wildman–Crippen MR) is 78.6 cm³/mol. The molecule has 2 aromatic rings. The van der Waals surface area contributed by atoms with E-state index in [1.807, 2.05) is 36.1 Å². The molecule has 0 aliphatic carbocycles. The summed E-state index contributed by atoms with van der Waals surface area (Å²) >= 11 is 0. The summed E-state index contributed by atoms with van der Waals surface area (Å²) in [4.78, 5) is 18.3. The third-order valence-corrected chi connectivity index (χ3v) is 3.87. The molecule has 2 heterocycles. The summed E-state index contributed by atoms with van der Waals surface area (Å²) in [6, 6.07) is 7.92. The van der Waals surface area contributed by atoms with Crippen LogP contribution in [0.25, 0.3) is 11.4 Å². The number of carbonyl (C=O) groups excluding carboxylic acids is 1. The zero-order valence-corrected chi connectivity index (χ0v) is 12.2. The fraction of sp³-hybridized carbons (Fsp3) is 0.438. The normalized spacial score (nSPS) is 14.6. The summed E-state index contributed by atoms with van der Waals surface area (Å²) in [6.07, 6.45) is 3.18. The van der Waals surface area contributed by atoms with E-state index in [2.05, 4.69) is 10.1 Å². The minimum absolute atomic E-state index is 0.183. The number of nitrogens with zero attached hydrogens (tertiary/aromatic N) is 3. The molecule has 110 valence electrons. The zero-order chi connectivity index (χ0) is 14.7. The van der Waals surface area contributed by atoms with Crippen LogP contribution in [-0.4, -0.2) is 34.0 Å². The van der Waals surface area contributed by atoms with Crippen LogP contribution in [0.15, 0.2) is 28.8 Å². The van der Waals surface area contributed by atoms with E-state index >= 15 is 0 Å². The summed E-state index contributed by atoms with van der Waals surface area (Å²) in [5.41, 5.74) is 2.08. The third-order valence-electron chi connectivity index (χ3n) is 3.87. The van der Waals surface area contributed by atoms with Gasteiger partial charge in [-0.3, -0.25) is 4.79 Å². The maximum atomic E-state index is 12.0. The van der Waals surface area contributed by atoms with Gasteiger partial charge in [0.15, 0.2) is 0 Å². The molecule has 0 radical (unpaired) electrons. The first-order valence-electron chi connectivity index (χ1n) is 7.40. The van der Waals surface area contributed by atoms with Crippen molar-refractivity contribution in [3.63, 3.8) is 0 Å². The van der Waals surface area contributed by atoms with Crippen LogP contribution < -0.4 is 0 Å². The van der Waals surface area contributed by atoms with Gasteiger partial charge in [-0.1, -0.05) is 29.4 Å². The lowest BCUT2D eigenvalue weighted by molar-refractivity contribution is -0.130. The van der Waals surface area contributed by atoms with Crippen molar-refractivity contribution in [1.82, 2.24) is 15.0 Å². The Morgan fingerprint density at radius 3 is 2.81 bits per heavy atom. The van der Waals surface area contributed by atoms with Gasteiger partial charge in [0.2, 0.25) is 17.6 Å². The van der Waals surface area contributed by atoms with Gasteiger partial charge in [0.1, 0.15) is 0 Å². The molecule has 5 heteroatoms. The van der Waals surface area contributed by atoms with E-state index in [4.69, 9.17) is 4.52 Å². The summed E-state index contributed by atoms with van der Waals surface area (Å²) in [5, 5.41) is 4.01. The van der Waals surface area contributed by atoms with Crippen molar-refractivity contribution in [3.05, 3.63) is 35.7 Å². The van der Waals surface area contributed by atoms with Crippen molar-refractivity contribution in [2.45, 2.75) is 32.6 Å². The Bertz CT molecular complexity index is 630. The molecule has 3 rings (SSSR count). The lowest BCUT2D eigenvalue weighted by atomic mass is 10.1. The average molecular weight is 285 g/mol. The Kier molecular flexibility index (Phi) is 3.99. The monoisotopic (exact) mass is 285 g/mol. The molecule has 1 fully saturated rings. The SMILES string of the molecule is Cc1ccccc1-c1noc(CCC(=O)N2CCCC2)n1. The molecule has 0 spiro atoms. The number of hydrogen-bond acceptors (Lipinski definition) is 4. The number of amides is 1. The van der Waals surface area contributed by atoms with Crippen LogP contribution in [0.5, 0.6) is 0 Å². The molecule has 1 aromatic carbocycles. The van der Waals surface area contributed by atoms with E-state index in [9.17, 15) is 4.79 Å². The molecular weight excluding hydrogens is 266 g/mol. The van der Waals surface area contributed by atoms with Gasteiger partial charge in [0.25, 0.3) is 0 Å². The summed E-state index contributed by atoms with van der Waals surface area (Å²) in [6.45, 7) is 3.79. The number of benzene rings is 1. The summed E-state index contributed by atoms with van der Waals surface area (Å²) in [5.74, 6) is 1.31. The van der Waals surface area contributed by atoms with Crippen molar-refractivity contribution in [2.75, 3.05) is 13.1 Å². The van der Waals surface area contributed by atoms with E-state index in [1.165, 1.54) is 0 Å². The maximum Gasteiger partial charge on any atom is 0.227 e. The van der Waals surface area contributed by atoms with Gasteiger partial charge in [0.05, 0.1) is 0 Å². The lowest BCUT2D eigenvalue weighted by Crippen LogP contribution is -2.27.